The monoisotopic (exact) mass is 214 g/mol. The van der Waals surface area contributed by atoms with Crippen LogP contribution in [0.2, 0.25) is 0 Å². The topological polar surface area (TPSA) is 41.1 Å². The Balaban J connectivity index is 4.58. The molecule has 0 spiro atoms. The normalized spacial score (nSPS) is 17.3. The maximum absolute atomic E-state index is 11.8. The highest BCUT2D eigenvalue weighted by Crippen LogP contribution is 2.18. The van der Waals surface area contributed by atoms with Crippen molar-refractivity contribution in [3.05, 3.63) is 0 Å². The summed E-state index contributed by atoms with van der Waals surface area (Å²) >= 11 is 0. The van der Waals surface area contributed by atoms with Gasteiger partial charge in [0.2, 0.25) is 5.91 Å². The minimum Gasteiger partial charge on any atom is -0.358 e. The molecule has 0 aliphatic carbocycles. The zero-order valence-corrected chi connectivity index (χ0v) is 11.0. The molecule has 0 radical (unpaired) electrons. The number of nitrogens with one attached hydrogen (secondary N) is 2. The summed E-state index contributed by atoms with van der Waals surface area (Å²) in [6.45, 7) is 10.4. The highest BCUT2D eigenvalue weighted by molar-refractivity contribution is 5.85. The van der Waals surface area contributed by atoms with Gasteiger partial charge in [-0.1, -0.05) is 27.2 Å². The molecule has 0 aliphatic heterocycles. The number of amides is 1. The van der Waals surface area contributed by atoms with Gasteiger partial charge < -0.3 is 10.6 Å². The summed E-state index contributed by atoms with van der Waals surface area (Å²) in [5.41, 5.74) is -0.469. The van der Waals surface area contributed by atoms with Crippen molar-refractivity contribution in [3.8, 4) is 0 Å². The van der Waals surface area contributed by atoms with E-state index in [-0.39, 0.29) is 11.8 Å². The molecule has 0 aromatic rings. The Labute approximate surface area is 94.0 Å². The van der Waals surface area contributed by atoms with Gasteiger partial charge in [0.15, 0.2) is 0 Å². The van der Waals surface area contributed by atoms with Crippen LogP contribution in [0.15, 0.2) is 0 Å². The largest absolute Gasteiger partial charge is 0.358 e. The summed E-state index contributed by atoms with van der Waals surface area (Å²) in [5, 5.41) is 6.17. The third-order valence-electron chi connectivity index (χ3n) is 3.12. The summed E-state index contributed by atoms with van der Waals surface area (Å²) in [6.07, 6.45) is 2.23. The second-order valence-electron chi connectivity index (χ2n) is 4.77. The zero-order valence-electron chi connectivity index (χ0n) is 11.0. The van der Waals surface area contributed by atoms with E-state index >= 15 is 0 Å². The van der Waals surface area contributed by atoms with Crippen LogP contribution >= 0.6 is 0 Å². The number of likely N-dealkylation sites (N-methyl/N-ethyl adjacent to an activating group) is 1. The molecule has 0 saturated carbocycles. The summed E-state index contributed by atoms with van der Waals surface area (Å²) in [5.74, 6) is 0.345. The molecule has 15 heavy (non-hydrogen) atoms. The van der Waals surface area contributed by atoms with Gasteiger partial charge in [-0.2, -0.15) is 0 Å². The van der Waals surface area contributed by atoms with Crippen LogP contribution in [0.3, 0.4) is 0 Å². The molecule has 0 fully saturated rings. The Kier molecular flexibility index (Phi) is 5.88. The van der Waals surface area contributed by atoms with Crippen molar-refractivity contribution in [2.24, 2.45) is 5.92 Å². The van der Waals surface area contributed by atoms with Gasteiger partial charge in [-0.15, -0.1) is 0 Å². The Hall–Kier alpha value is -0.570. The smallest absolute Gasteiger partial charge is 0.240 e. The Morgan fingerprint density at radius 2 is 1.87 bits per heavy atom. The van der Waals surface area contributed by atoms with Crippen molar-refractivity contribution in [2.45, 2.75) is 59.0 Å². The first-order valence-electron chi connectivity index (χ1n) is 5.88. The lowest BCUT2D eigenvalue weighted by molar-refractivity contribution is -0.128. The lowest BCUT2D eigenvalue weighted by atomic mass is 9.86. The Morgan fingerprint density at radius 3 is 2.20 bits per heavy atom. The fourth-order valence-electron chi connectivity index (χ4n) is 1.77. The van der Waals surface area contributed by atoms with E-state index in [4.69, 9.17) is 0 Å². The average Bonchev–Trinajstić information content (AvgIpc) is 2.16. The molecule has 90 valence electrons. The van der Waals surface area contributed by atoms with Gasteiger partial charge in [0, 0.05) is 13.1 Å². The minimum atomic E-state index is -0.469. The summed E-state index contributed by atoms with van der Waals surface area (Å²) < 4.78 is 0. The van der Waals surface area contributed by atoms with Gasteiger partial charge in [-0.25, -0.2) is 0 Å². The van der Waals surface area contributed by atoms with Crippen molar-refractivity contribution in [3.63, 3.8) is 0 Å². The minimum absolute atomic E-state index is 0.0699. The fraction of sp³-hybridized carbons (Fsp3) is 0.917. The molecular weight excluding hydrogens is 188 g/mol. The van der Waals surface area contributed by atoms with E-state index in [9.17, 15) is 4.79 Å². The molecule has 0 heterocycles. The van der Waals surface area contributed by atoms with Crippen LogP contribution < -0.4 is 10.6 Å². The number of carbonyl (C=O) groups is 1. The van der Waals surface area contributed by atoms with E-state index in [0.29, 0.717) is 6.04 Å². The number of hydrogen-bond donors (Lipinski definition) is 2. The van der Waals surface area contributed by atoms with E-state index < -0.39 is 5.54 Å². The SMILES string of the molecule is CCCC(C)NC(C)(C(=O)NC)C(C)C. The first-order valence-corrected chi connectivity index (χ1v) is 5.88. The molecule has 0 bridgehead atoms. The second kappa shape index (κ2) is 6.11. The second-order valence-corrected chi connectivity index (χ2v) is 4.77. The molecule has 3 heteroatoms. The van der Waals surface area contributed by atoms with Crippen LogP contribution in [-0.4, -0.2) is 24.5 Å². The van der Waals surface area contributed by atoms with Gasteiger partial charge >= 0.3 is 0 Å². The molecule has 2 atom stereocenters. The van der Waals surface area contributed by atoms with Crippen LogP contribution in [0.5, 0.6) is 0 Å². The lowest BCUT2D eigenvalue weighted by Crippen LogP contribution is -2.60. The van der Waals surface area contributed by atoms with Crippen LogP contribution in [0, 0.1) is 5.92 Å². The Morgan fingerprint density at radius 1 is 1.33 bits per heavy atom. The molecule has 2 N–H and O–H groups in total. The third kappa shape index (κ3) is 3.82. The summed E-state index contributed by atoms with van der Waals surface area (Å²) in [6, 6.07) is 0.375. The Bertz CT molecular complexity index is 204. The van der Waals surface area contributed by atoms with E-state index in [1.807, 2.05) is 6.92 Å². The van der Waals surface area contributed by atoms with Gasteiger partial charge in [-0.05, 0) is 26.2 Å². The third-order valence-corrected chi connectivity index (χ3v) is 3.12. The van der Waals surface area contributed by atoms with Crippen molar-refractivity contribution >= 4 is 5.91 Å². The predicted octanol–water partition coefficient (Wildman–Crippen LogP) is 1.93. The van der Waals surface area contributed by atoms with Gasteiger partial charge in [0.05, 0.1) is 5.54 Å². The standard InChI is InChI=1S/C12H26N2O/c1-7-8-10(4)14-12(5,9(2)3)11(15)13-6/h9-10,14H,7-8H2,1-6H3,(H,13,15). The van der Waals surface area contributed by atoms with E-state index in [0.717, 1.165) is 12.8 Å². The number of carbonyl (C=O) groups excluding carboxylic acids is 1. The lowest BCUT2D eigenvalue weighted by Gasteiger charge is -2.35. The fourth-order valence-corrected chi connectivity index (χ4v) is 1.77. The van der Waals surface area contributed by atoms with E-state index in [2.05, 4.69) is 38.3 Å². The highest BCUT2D eigenvalue weighted by Gasteiger charge is 2.36. The molecule has 0 saturated heterocycles. The van der Waals surface area contributed by atoms with Crippen molar-refractivity contribution in [2.75, 3.05) is 7.05 Å². The quantitative estimate of drug-likeness (QED) is 0.709. The molecule has 0 aliphatic rings. The summed E-state index contributed by atoms with van der Waals surface area (Å²) in [7, 11) is 1.69. The van der Waals surface area contributed by atoms with Crippen molar-refractivity contribution in [1.82, 2.24) is 10.6 Å². The molecule has 3 nitrogen and oxygen atoms in total. The average molecular weight is 214 g/mol. The maximum Gasteiger partial charge on any atom is 0.240 e. The van der Waals surface area contributed by atoms with Crippen LogP contribution in [0.25, 0.3) is 0 Å². The molecule has 1 amide bonds. The van der Waals surface area contributed by atoms with Crippen LogP contribution in [0.1, 0.15) is 47.5 Å². The highest BCUT2D eigenvalue weighted by atomic mass is 16.2. The number of hydrogen-bond acceptors (Lipinski definition) is 2. The van der Waals surface area contributed by atoms with Crippen LogP contribution in [0.4, 0.5) is 0 Å². The maximum atomic E-state index is 11.8. The molecule has 0 rings (SSSR count). The van der Waals surface area contributed by atoms with E-state index in [1.54, 1.807) is 7.05 Å². The number of rotatable bonds is 6. The van der Waals surface area contributed by atoms with E-state index in [1.165, 1.54) is 0 Å². The van der Waals surface area contributed by atoms with Gasteiger partial charge in [0.25, 0.3) is 0 Å². The first-order chi connectivity index (χ1) is 6.88. The molecule has 0 aromatic heterocycles. The first kappa shape index (κ1) is 14.4. The summed E-state index contributed by atoms with van der Waals surface area (Å²) in [4.78, 5) is 11.8. The van der Waals surface area contributed by atoms with Gasteiger partial charge in [0.1, 0.15) is 0 Å². The van der Waals surface area contributed by atoms with Crippen molar-refractivity contribution < 1.29 is 4.79 Å². The van der Waals surface area contributed by atoms with Crippen LogP contribution in [-0.2, 0) is 4.79 Å². The molecular formula is C12H26N2O. The van der Waals surface area contributed by atoms with Crippen molar-refractivity contribution in [1.29, 1.82) is 0 Å². The molecule has 2 unspecified atom stereocenters. The van der Waals surface area contributed by atoms with Gasteiger partial charge in [-0.3, -0.25) is 4.79 Å². The zero-order chi connectivity index (χ0) is 12.1. The predicted molar refractivity (Wildman–Crippen MR) is 64.8 cm³/mol. The molecule has 0 aromatic carbocycles.